The van der Waals surface area contributed by atoms with Gasteiger partial charge in [-0.05, 0) is 25.5 Å². The van der Waals surface area contributed by atoms with Gasteiger partial charge in [0.2, 0.25) is 0 Å². The minimum absolute atomic E-state index is 0.0752. The SMILES string of the molecule is CNC(CC1CCCC1)c1cccc(F)c1F. The van der Waals surface area contributed by atoms with E-state index < -0.39 is 11.6 Å². The molecule has 0 amide bonds. The van der Waals surface area contributed by atoms with E-state index in [0.29, 0.717) is 11.5 Å². The lowest BCUT2D eigenvalue weighted by Gasteiger charge is -2.21. The fourth-order valence-electron chi connectivity index (χ4n) is 2.77. The predicted octanol–water partition coefficient (Wildman–Crippen LogP) is 3.81. The third-order valence-corrected chi connectivity index (χ3v) is 3.75. The zero-order valence-electron chi connectivity index (χ0n) is 10.2. The van der Waals surface area contributed by atoms with E-state index in [-0.39, 0.29) is 6.04 Å². The highest BCUT2D eigenvalue weighted by atomic mass is 19.2. The first-order chi connectivity index (χ1) is 8.22. The molecule has 0 saturated heterocycles. The monoisotopic (exact) mass is 239 g/mol. The van der Waals surface area contributed by atoms with Gasteiger partial charge in [-0.1, -0.05) is 37.8 Å². The molecule has 94 valence electrons. The molecular formula is C14H19F2N. The van der Waals surface area contributed by atoms with E-state index in [9.17, 15) is 8.78 Å². The first-order valence-corrected chi connectivity index (χ1v) is 6.33. The van der Waals surface area contributed by atoms with Crippen LogP contribution in [0.1, 0.15) is 43.7 Å². The summed E-state index contributed by atoms with van der Waals surface area (Å²) in [4.78, 5) is 0. The minimum atomic E-state index is -0.755. The second-order valence-corrected chi connectivity index (χ2v) is 4.87. The highest BCUT2D eigenvalue weighted by Crippen LogP contribution is 2.33. The fourth-order valence-corrected chi connectivity index (χ4v) is 2.77. The van der Waals surface area contributed by atoms with Crippen LogP contribution in [0, 0.1) is 17.6 Å². The maximum Gasteiger partial charge on any atom is 0.163 e. The second-order valence-electron chi connectivity index (χ2n) is 4.87. The Hall–Kier alpha value is -0.960. The topological polar surface area (TPSA) is 12.0 Å². The number of hydrogen-bond donors (Lipinski definition) is 1. The zero-order chi connectivity index (χ0) is 12.3. The van der Waals surface area contributed by atoms with Crippen molar-refractivity contribution in [3.63, 3.8) is 0 Å². The van der Waals surface area contributed by atoms with Crippen molar-refractivity contribution in [1.82, 2.24) is 5.32 Å². The third-order valence-electron chi connectivity index (χ3n) is 3.75. The quantitative estimate of drug-likeness (QED) is 0.842. The summed E-state index contributed by atoms with van der Waals surface area (Å²) in [6.45, 7) is 0. The van der Waals surface area contributed by atoms with Gasteiger partial charge in [0.1, 0.15) is 0 Å². The van der Waals surface area contributed by atoms with Crippen LogP contribution >= 0.6 is 0 Å². The molecule has 1 atom stereocenters. The minimum Gasteiger partial charge on any atom is -0.313 e. The number of benzene rings is 1. The molecule has 1 aliphatic carbocycles. The maximum absolute atomic E-state index is 13.7. The van der Waals surface area contributed by atoms with Crippen molar-refractivity contribution >= 4 is 0 Å². The molecule has 0 spiro atoms. The molecule has 1 nitrogen and oxygen atoms in total. The molecule has 0 aromatic heterocycles. The molecule has 1 aromatic carbocycles. The summed E-state index contributed by atoms with van der Waals surface area (Å²) < 4.78 is 26.9. The summed E-state index contributed by atoms with van der Waals surface area (Å²) in [7, 11) is 1.81. The zero-order valence-corrected chi connectivity index (χ0v) is 10.2. The maximum atomic E-state index is 13.7. The summed E-state index contributed by atoms with van der Waals surface area (Å²) in [6, 6.07) is 4.34. The Morgan fingerprint density at radius 1 is 1.29 bits per heavy atom. The summed E-state index contributed by atoms with van der Waals surface area (Å²) in [6.07, 6.45) is 5.88. The normalized spacial score (nSPS) is 18.5. The number of nitrogens with one attached hydrogen (secondary N) is 1. The molecule has 0 bridgehead atoms. The van der Waals surface area contributed by atoms with Crippen LogP contribution < -0.4 is 5.32 Å². The van der Waals surface area contributed by atoms with E-state index in [0.717, 1.165) is 6.42 Å². The largest absolute Gasteiger partial charge is 0.313 e. The van der Waals surface area contributed by atoms with Gasteiger partial charge in [0, 0.05) is 11.6 Å². The smallest absolute Gasteiger partial charge is 0.163 e. The summed E-state index contributed by atoms with van der Waals surface area (Å²) in [5, 5.41) is 3.11. The Balaban J connectivity index is 2.13. The summed E-state index contributed by atoms with van der Waals surface area (Å²) in [5.41, 5.74) is 0.458. The first-order valence-electron chi connectivity index (χ1n) is 6.33. The van der Waals surface area contributed by atoms with Crippen LogP contribution in [0.3, 0.4) is 0 Å². The summed E-state index contributed by atoms with van der Waals surface area (Å²) >= 11 is 0. The number of rotatable bonds is 4. The van der Waals surface area contributed by atoms with Crippen molar-refractivity contribution in [1.29, 1.82) is 0 Å². The van der Waals surface area contributed by atoms with Gasteiger partial charge >= 0.3 is 0 Å². The van der Waals surface area contributed by atoms with Gasteiger partial charge in [0.05, 0.1) is 0 Å². The Morgan fingerprint density at radius 3 is 2.65 bits per heavy atom. The molecule has 0 radical (unpaired) electrons. The van der Waals surface area contributed by atoms with Crippen molar-refractivity contribution in [2.45, 2.75) is 38.1 Å². The molecule has 1 unspecified atom stereocenters. The molecule has 1 aromatic rings. The van der Waals surface area contributed by atoms with Gasteiger partial charge in [-0.15, -0.1) is 0 Å². The fraction of sp³-hybridized carbons (Fsp3) is 0.571. The van der Waals surface area contributed by atoms with Gasteiger partial charge in [-0.25, -0.2) is 8.78 Å². The summed E-state index contributed by atoms with van der Waals surface area (Å²) in [5.74, 6) is -0.811. The van der Waals surface area contributed by atoms with Crippen LogP contribution in [0.15, 0.2) is 18.2 Å². The van der Waals surface area contributed by atoms with E-state index in [4.69, 9.17) is 0 Å². The Kier molecular flexibility index (Phi) is 4.11. The molecule has 1 aliphatic rings. The highest BCUT2D eigenvalue weighted by molar-refractivity contribution is 5.22. The molecule has 0 aliphatic heterocycles. The van der Waals surface area contributed by atoms with Crippen molar-refractivity contribution in [3.8, 4) is 0 Å². The van der Waals surface area contributed by atoms with Gasteiger partial charge in [0.25, 0.3) is 0 Å². The first kappa shape index (κ1) is 12.5. The van der Waals surface area contributed by atoms with Gasteiger partial charge in [0.15, 0.2) is 11.6 Å². The van der Waals surface area contributed by atoms with E-state index in [1.54, 1.807) is 12.1 Å². The molecule has 3 heteroatoms. The molecule has 0 heterocycles. The van der Waals surface area contributed by atoms with Crippen molar-refractivity contribution in [3.05, 3.63) is 35.4 Å². The molecular weight excluding hydrogens is 220 g/mol. The molecule has 1 saturated carbocycles. The Bertz CT molecular complexity index is 372. The average Bonchev–Trinajstić information content (AvgIpc) is 2.83. The molecule has 1 N–H and O–H groups in total. The van der Waals surface area contributed by atoms with Crippen LogP contribution in [-0.2, 0) is 0 Å². The van der Waals surface area contributed by atoms with E-state index in [1.165, 1.54) is 31.7 Å². The lowest BCUT2D eigenvalue weighted by molar-refractivity contribution is 0.395. The van der Waals surface area contributed by atoms with Gasteiger partial charge in [-0.3, -0.25) is 0 Å². The van der Waals surface area contributed by atoms with Crippen molar-refractivity contribution in [2.24, 2.45) is 5.92 Å². The lowest BCUT2D eigenvalue weighted by atomic mass is 9.93. The predicted molar refractivity (Wildman–Crippen MR) is 64.7 cm³/mol. The number of halogens is 2. The van der Waals surface area contributed by atoms with E-state index in [2.05, 4.69) is 5.32 Å². The van der Waals surface area contributed by atoms with Crippen LogP contribution in [0.4, 0.5) is 8.78 Å². The standard InChI is InChI=1S/C14H19F2N/c1-17-13(9-10-5-2-3-6-10)11-7-4-8-12(15)14(11)16/h4,7-8,10,13,17H,2-3,5-6,9H2,1H3. The van der Waals surface area contributed by atoms with E-state index in [1.807, 2.05) is 7.05 Å². The van der Waals surface area contributed by atoms with Gasteiger partial charge in [-0.2, -0.15) is 0 Å². The van der Waals surface area contributed by atoms with Crippen LogP contribution in [0.2, 0.25) is 0 Å². The Labute approximate surface area is 101 Å². The molecule has 2 rings (SSSR count). The second kappa shape index (κ2) is 5.58. The van der Waals surface area contributed by atoms with Crippen molar-refractivity contribution in [2.75, 3.05) is 7.05 Å². The van der Waals surface area contributed by atoms with Crippen LogP contribution in [-0.4, -0.2) is 7.05 Å². The van der Waals surface area contributed by atoms with Crippen molar-refractivity contribution < 1.29 is 8.78 Å². The highest BCUT2D eigenvalue weighted by Gasteiger charge is 2.23. The Morgan fingerprint density at radius 2 is 2.00 bits per heavy atom. The number of hydrogen-bond acceptors (Lipinski definition) is 1. The van der Waals surface area contributed by atoms with E-state index >= 15 is 0 Å². The average molecular weight is 239 g/mol. The lowest BCUT2D eigenvalue weighted by Crippen LogP contribution is -2.20. The van der Waals surface area contributed by atoms with Crippen LogP contribution in [0.25, 0.3) is 0 Å². The van der Waals surface area contributed by atoms with Crippen LogP contribution in [0.5, 0.6) is 0 Å². The third kappa shape index (κ3) is 2.83. The van der Waals surface area contributed by atoms with Gasteiger partial charge < -0.3 is 5.32 Å². The molecule has 17 heavy (non-hydrogen) atoms. The molecule has 1 fully saturated rings.